The maximum atomic E-state index is 12.2. The number of hydrogen-bond acceptors (Lipinski definition) is 6. The van der Waals surface area contributed by atoms with Gasteiger partial charge in [-0.2, -0.15) is 0 Å². The number of nitrogens with one attached hydrogen (secondary N) is 3. The predicted molar refractivity (Wildman–Crippen MR) is 123 cm³/mol. The van der Waals surface area contributed by atoms with Crippen LogP contribution in [0.15, 0.2) is 58.1 Å². The first-order chi connectivity index (χ1) is 15.0. The zero-order valence-electron chi connectivity index (χ0n) is 17.7. The molecule has 0 aromatic heterocycles. The lowest BCUT2D eigenvalue weighted by molar-refractivity contribution is 0.0960. The van der Waals surface area contributed by atoms with Crippen LogP contribution in [-0.4, -0.2) is 24.1 Å². The Kier molecular flexibility index (Phi) is 7.07. The van der Waals surface area contributed by atoms with Gasteiger partial charge < -0.3 is 21.1 Å². The molecule has 3 rings (SSSR count). The molecule has 0 bridgehead atoms. The number of amides is 1. The van der Waals surface area contributed by atoms with E-state index in [-0.39, 0.29) is 34.4 Å². The molecule has 31 heavy (non-hydrogen) atoms. The van der Waals surface area contributed by atoms with Crippen LogP contribution in [0.1, 0.15) is 42.1 Å². The third kappa shape index (κ3) is 4.94. The van der Waals surface area contributed by atoms with E-state index in [1.165, 1.54) is 18.7 Å². The van der Waals surface area contributed by atoms with E-state index in [2.05, 4.69) is 28.1 Å². The minimum atomic E-state index is -0.647. The molecule has 0 aliphatic heterocycles. The molecule has 0 saturated heterocycles. The van der Waals surface area contributed by atoms with E-state index < -0.39 is 16.8 Å². The van der Waals surface area contributed by atoms with E-state index in [1.807, 2.05) is 25.1 Å². The van der Waals surface area contributed by atoms with Crippen molar-refractivity contribution in [3.63, 3.8) is 0 Å². The number of aryl methyl sites for hydroxylation is 1. The Balaban J connectivity index is 1.70. The van der Waals surface area contributed by atoms with Gasteiger partial charge in [0.25, 0.3) is 16.8 Å². The first kappa shape index (κ1) is 22.1. The number of phenolic OH excluding ortho intramolecular Hbond substituents is 1. The molecule has 0 aliphatic carbocycles. The Bertz CT molecular complexity index is 1120. The number of carbonyl (C=O) groups excluding carboxylic acids is 1. The van der Waals surface area contributed by atoms with Crippen molar-refractivity contribution in [2.75, 3.05) is 17.7 Å². The van der Waals surface area contributed by atoms with Gasteiger partial charge in [-0.05, 0) is 43.4 Å². The number of hydrogen-bond donors (Lipinski definition) is 4. The quantitative estimate of drug-likeness (QED) is 0.296. The molecule has 7 heteroatoms. The average molecular weight is 421 g/mol. The van der Waals surface area contributed by atoms with Gasteiger partial charge in [0.15, 0.2) is 5.75 Å². The minimum Gasteiger partial charge on any atom is -0.505 e. The van der Waals surface area contributed by atoms with Gasteiger partial charge >= 0.3 is 0 Å². The van der Waals surface area contributed by atoms with Crippen LogP contribution in [0.2, 0.25) is 0 Å². The van der Waals surface area contributed by atoms with Gasteiger partial charge in [0.1, 0.15) is 11.4 Å². The van der Waals surface area contributed by atoms with Crippen LogP contribution in [0, 0.1) is 0 Å². The molecule has 1 amide bonds. The van der Waals surface area contributed by atoms with Crippen LogP contribution >= 0.6 is 0 Å². The zero-order chi connectivity index (χ0) is 22.4. The lowest BCUT2D eigenvalue weighted by atomic mass is 10.0. The van der Waals surface area contributed by atoms with Crippen LogP contribution in [-0.2, 0) is 6.42 Å². The van der Waals surface area contributed by atoms with Gasteiger partial charge in [0.2, 0.25) is 0 Å². The van der Waals surface area contributed by atoms with Gasteiger partial charge in [0, 0.05) is 13.1 Å². The first-order valence-electron chi connectivity index (χ1n) is 10.4. The molecule has 4 N–H and O–H groups in total. The van der Waals surface area contributed by atoms with Crippen LogP contribution in [0.25, 0.3) is 0 Å². The Morgan fingerprint density at radius 1 is 1.00 bits per heavy atom. The molecule has 0 radical (unpaired) electrons. The Labute approximate surface area is 180 Å². The smallest absolute Gasteiger partial charge is 0.254 e. The van der Waals surface area contributed by atoms with Crippen LogP contribution in [0.3, 0.4) is 0 Å². The Hall–Kier alpha value is -3.61. The van der Waals surface area contributed by atoms with Crippen molar-refractivity contribution in [2.24, 2.45) is 0 Å². The first-order valence-corrected chi connectivity index (χ1v) is 10.4. The second kappa shape index (κ2) is 9.93. The molecule has 1 atom stereocenters. The summed E-state index contributed by atoms with van der Waals surface area (Å²) in [7, 11) is 1.46. The highest BCUT2D eigenvalue weighted by Gasteiger charge is 2.24. The third-order valence-corrected chi connectivity index (χ3v) is 5.38. The molecule has 0 saturated carbocycles. The molecule has 162 valence electrons. The monoisotopic (exact) mass is 421 g/mol. The number of phenols is 1. The number of carbonyl (C=O) groups is 1. The molecule has 0 heterocycles. The molecule has 0 fully saturated rings. The normalized spacial score (nSPS) is 11.8. The molecule has 3 aromatic rings. The summed E-state index contributed by atoms with van der Waals surface area (Å²) in [4.78, 5) is 36.2. The second-order valence-electron chi connectivity index (χ2n) is 7.44. The van der Waals surface area contributed by atoms with Crippen LogP contribution in [0.5, 0.6) is 5.75 Å². The van der Waals surface area contributed by atoms with Crippen molar-refractivity contribution >= 4 is 23.0 Å². The Morgan fingerprint density at radius 3 is 2.39 bits per heavy atom. The SMILES string of the molecule is CC[C@H](CCCc1ccccc1)Nc1c(Nc2cccc(C(=O)NC)c2O)c(=O)c1=O. The lowest BCUT2D eigenvalue weighted by Gasteiger charge is -2.22. The van der Waals surface area contributed by atoms with E-state index in [0.29, 0.717) is 0 Å². The fourth-order valence-corrected chi connectivity index (χ4v) is 3.53. The summed E-state index contributed by atoms with van der Waals surface area (Å²) in [5, 5.41) is 18.9. The number of anilines is 3. The summed E-state index contributed by atoms with van der Waals surface area (Å²) in [5.41, 5.74) is 0.635. The highest BCUT2D eigenvalue weighted by molar-refractivity contribution is 5.99. The van der Waals surface area contributed by atoms with Gasteiger partial charge in [0.05, 0.1) is 11.3 Å². The predicted octanol–water partition coefficient (Wildman–Crippen LogP) is 3.30. The van der Waals surface area contributed by atoms with Gasteiger partial charge in [-0.25, -0.2) is 0 Å². The molecule has 3 aromatic carbocycles. The van der Waals surface area contributed by atoms with Crippen LogP contribution < -0.4 is 26.8 Å². The van der Waals surface area contributed by atoms with Crippen molar-refractivity contribution in [2.45, 2.75) is 38.6 Å². The summed E-state index contributed by atoms with van der Waals surface area (Å²) in [6.45, 7) is 2.03. The van der Waals surface area contributed by atoms with Crippen molar-refractivity contribution in [3.8, 4) is 5.75 Å². The van der Waals surface area contributed by atoms with Crippen molar-refractivity contribution in [1.82, 2.24) is 5.32 Å². The topological polar surface area (TPSA) is 108 Å². The molecular formula is C24H27N3O4. The lowest BCUT2D eigenvalue weighted by Crippen LogP contribution is -2.39. The molecular weight excluding hydrogens is 394 g/mol. The number of aromatic hydroxyl groups is 1. The summed E-state index contributed by atoms with van der Waals surface area (Å²) in [6.07, 6.45) is 3.53. The molecule has 0 unspecified atom stereocenters. The molecule has 7 nitrogen and oxygen atoms in total. The fraction of sp³-hybridized carbons (Fsp3) is 0.292. The standard InChI is InChI=1S/C24H27N3O4/c1-3-16(12-7-11-15-9-5-4-6-10-15)26-19-20(23(30)22(19)29)27-18-14-8-13-17(21(18)28)24(31)25-2/h4-6,8-10,13-14,16,26-28H,3,7,11-12H2,1-2H3,(H,25,31)/t16-/m1/s1. The van der Waals surface area contributed by atoms with Crippen LogP contribution in [0.4, 0.5) is 17.1 Å². The third-order valence-electron chi connectivity index (χ3n) is 5.38. The number of para-hydroxylation sites is 1. The van der Waals surface area contributed by atoms with Gasteiger partial charge in [-0.1, -0.05) is 43.3 Å². The van der Waals surface area contributed by atoms with E-state index in [9.17, 15) is 19.5 Å². The highest BCUT2D eigenvalue weighted by Crippen LogP contribution is 2.31. The van der Waals surface area contributed by atoms with Crippen molar-refractivity contribution in [3.05, 3.63) is 80.1 Å². The van der Waals surface area contributed by atoms with E-state index in [1.54, 1.807) is 12.1 Å². The van der Waals surface area contributed by atoms with Gasteiger partial charge in [-0.3, -0.25) is 14.4 Å². The summed E-state index contributed by atoms with van der Waals surface area (Å²) in [5.74, 6) is -0.732. The largest absolute Gasteiger partial charge is 0.505 e. The Morgan fingerprint density at radius 2 is 1.71 bits per heavy atom. The maximum absolute atomic E-state index is 12.2. The maximum Gasteiger partial charge on any atom is 0.254 e. The van der Waals surface area contributed by atoms with E-state index in [0.717, 1.165) is 25.7 Å². The average Bonchev–Trinajstić information content (AvgIpc) is 2.80. The summed E-state index contributed by atoms with van der Waals surface area (Å²) >= 11 is 0. The number of benzene rings is 2. The number of rotatable bonds is 10. The zero-order valence-corrected chi connectivity index (χ0v) is 17.7. The summed E-state index contributed by atoms with van der Waals surface area (Å²) in [6, 6.07) is 14.8. The van der Waals surface area contributed by atoms with E-state index >= 15 is 0 Å². The fourth-order valence-electron chi connectivity index (χ4n) is 3.53. The highest BCUT2D eigenvalue weighted by atomic mass is 16.3. The van der Waals surface area contributed by atoms with E-state index in [4.69, 9.17) is 0 Å². The summed E-state index contributed by atoms with van der Waals surface area (Å²) < 4.78 is 0. The van der Waals surface area contributed by atoms with Crippen molar-refractivity contribution < 1.29 is 9.90 Å². The minimum absolute atomic E-state index is 0.0402. The second-order valence-corrected chi connectivity index (χ2v) is 7.44. The van der Waals surface area contributed by atoms with Crippen molar-refractivity contribution in [1.29, 1.82) is 0 Å². The molecule has 0 spiro atoms. The van der Waals surface area contributed by atoms with Gasteiger partial charge in [-0.15, -0.1) is 0 Å². The molecule has 0 aliphatic rings.